The lowest BCUT2D eigenvalue weighted by atomic mass is 9.91. The molecule has 3 aromatic rings. The van der Waals surface area contributed by atoms with E-state index in [0.29, 0.717) is 29.1 Å². The van der Waals surface area contributed by atoms with Crippen molar-refractivity contribution in [2.45, 2.75) is 18.8 Å². The Bertz CT molecular complexity index is 939. The number of hydrogen-bond donors (Lipinski definition) is 2. The van der Waals surface area contributed by atoms with Crippen LogP contribution in [0.1, 0.15) is 34.7 Å². The quantitative estimate of drug-likeness (QED) is 0.759. The van der Waals surface area contributed by atoms with Gasteiger partial charge in [-0.15, -0.1) is 0 Å². The van der Waals surface area contributed by atoms with Crippen LogP contribution in [-0.4, -0.2) is 51.7 Å². The van der Waals surface area contributed by atoms with Crippen molar-refractivity contribution in [3.63, 3.8) is 0 Å². The third kappa shape index (κ3) is 2.66. The number of carbonyl (C=O) groups excluding carboxylic acids is 1. The van der Waals surface area contributed by atoms with Crippen molar-refractivity contribution in [2.24, 2.45) is 5.73 Å². The lowest BCUT2D eigenvalue weighted by Crippen LogP contribution is -2.34. The number of hydrogen-bond acceptors (Lipinski definition) is 3. The maximum Gasteiger partial charge on any atom is 0.251 e. The fraction of sp³-hybridized carbons (Fsp3) is 0.412. The molecule has 1 fully saturated rings. The van der Waals surface area contributed by atoms with Crippen LogP contribution >= 0.6 is 0 Å². The number of aromatic amines is 1. The number of fused-ring (bicyclic) bond motifs is 3. The first-order valence-electron chi connectivity index (χ1n) is 8.35. The molecule has 0 atom stereocenters. The van der Waals surface area contributed by atoms with Gasteiger partial charge in [-0.3, -0.25) is 9.89 Å². The molecule has 0 aliphatic carbocycles. The minimum absolute atomic E-state index is 0.105. The summed E-state index contributed by atoms with van der Waals surface area (Å²) in [6.45, 7) is 1.83. The second-order valence-electron chi connectivity index (χ2n) is 6.49. The smallest absolute Gasteiger partial charge is 0.251 e. The number of likely N-dealkylation sites (tertiary alicyclic amines) is 1. The average Bonchev–Trinajstić information content (AvgIpc) is 3.13. The van der Waals surface area contributed by atoms with Crippen molar-refractivity contribution < 1.29 is 13.6 Å². The number of rotatable bonds is 4. The molecule has 6 nitrogen and oxygen atoms in total. The summed E-state index contributed by atoms with van der Waals surface area (Å²) in [5.41, 5.74) is 8.11. The van der Waals surface area contributed by atoms with Crippen molar-refractivity contribution in [2.75, 3.05) is 26.3 Å². The van der Waals surface area contributed by atoms with E-state index in [1.807, 2.05) is 6.20 Å². The largest absolute Gasteiger partial charge is 0.366 e. The normalized spacial score (nSPS) is 16.9. The van der Waals surface area contributed by atoms with Gasteiger partial charge in [-0.1, -0.05) is 0 Å². The highest BCUT2D eigenvalue weighted by atomic mass is 19.1. The number of nitrogens with zero attached hydrogens (tertiary/aromatic N) is 3. The van der Waals surface area contributed by atoms with Crippen LogP contribution in [0.4, 0.5) is 8.78 Å². The standard InChI is InChI=1S/C17H19F2N5O/c18-3-6-23-4-1-10(2-5-23)13-9-21-24-15-12(16(20)25)7-11(19)8-14(15)22-17(13)24/h7-10,21H,1-6H2,(H2,20,25). The zero-order valence-electron chi connectivity index (χ0n) is 13.6. The Morgan fingerprint density at radius 3 is 2.80 bits per heavy atom. The van der Waals surface area contributed by atoms with Crippen LogP contribution in [0.5, 0.6) is 0 Å². The van der Waals surface area contributed by atoms with Gasteiger partial charge in [-0.2, -0.15) is 0 Å². The number of piperidine rings is 1. The van der Waals surface area contributed by atoms with E-state index in [4.69, 9.17) is 5.73 Å². The summed E-state index contributed by atoms with van der Waals surface area (Å²) in [4.78, 5) is 18.3. The van der Waals surface area contributed by atoms with Gasteiger partial charge in [0, 0.05) is 24.4 Å². The molecule has 132 valence electrons. The van der Waals surface area contributed by atoms with Crippen LogP contribution in [0.25, 0.3) is 16.7 Å². The molecule has 8 heteroatoms. The zero-order valence-corrected chi connectivity index (χ0v) is 13.6. The van der Waals surface area contributed by atoms with Crippen LogP contribution in [0.3, 0.4) is 0 Å². The number of nitrogens with one attached hydrogen (secondary N) is 1. The first-order chi connectivity index (χ1) is 12.1. The van der Waals surface area contributed by atoms with Crippen molar-refractivity contribution >= 4 is 22.6 Å². The van der Waals surface area contributed by atoms with Crippen molar-refractivity contribution in [3.8, 4) is 0 Å². The number of amides is 1. The van der Waals surface area contributed by atoms with Gasteiger partial charge in [-0.25, -0.2) is 18.3 Å². The van der Waals surface area contributed by atoms with Crippen molar-refractivity contribution in [1.29, 1.82) is 0 Å². The first-order valence-corrected chi connectivity index (χ1v) is 8.35. The van der Waals surface area contributed by atoms with Crippen molar-refractivity contribution in [1.82, 2.24) is 19.5 Å². The molecule has 1 aromatic carbocycles. The molecule has 0 bridgehead atoms. The summed E-state index contributed by atoms with van der Waals surface area (Å²) in [5, 5.41) is 3.11. The predicted molar refractivity (Wildman–Crippen MR) is 89.9 cm³/mol. The number of halogens is 2. The highest BCUT2D eigenvalue weighted by Crippen LogP contribution is 2.32. The molecule has 0 saturated carbocycles. The number of alkyl halides is 1. The molecule has 3 N–H and O–H groups in total. The number of H-pyrrole nitrogens is 1. The molecule has 1 saturated heterocycles. The predicted octanol–water partition coefficient (Wildman–Crippen LogP) is 2.20. The summed E-state index contributed by atoms with van der Waals surface area (Å²) < 4.78 is 27.9. The topological polar surface area (TPSA) is 79.4 Å². The summed E-state index contributed by atoms with van der Waals surface area (Å²) in [6, 6.07) is 2.44. The highest BCUT2D eigenvalue weighted by molar-refractivity contribution is 6.05. The maximum atomic E-state index is 13.8. The van der Waals surface area contributed by atoms with Crippen LogP contribution in [0.15, 0.2) is 18.3 Å². The lowest BCUT2D eigenvalue weighted by molar-refractivity contribution is 0.100. The van der Waals surface area contributed by atoms with Crippen LogP contribution < -0.4 is 5.73 Å². The number of carbonyl (C=O) groups is 1. The Kier molecular flexibility index (Phi) is 3.91. The van der Waals surface area contributed by atoms with Gasteiger partial charge >= 0.3 is 0 Å². The number of primary amides is 1. The molecule has 1 aliphatic rings. The van der Waals surface area contributed by atoms with E-state index in [9.17, 15) is 13.6 Å². The molecular formula is C17H19F2N5O. The van der Waals surface area contributed by atoms with E-state index in [1.165, 1.54) is 6.07 Å². The minimum Gasteiger partial charge on any atom is -0.366 e. The second kappa shape index (κ2) is 6.11. The molecule has 3 heterocycles. The molecule has 1 aliphatic heterocycles. The molecular weight excluding hydrogens is 328 g/mol. The Morgan fingerprint density at radius 2 is 2.12 bits per heavy atom. The SMILES string of the molecule is NC(=O)c1cc(F)cc2nc3c(C4CCN(CCF)CC4)c[nH]n3c12. The Morgan fingerprint density at radius 1 is 1.36 bits per heavy atom. The van der Waals surface area contributed by atoms with Gasteiger partial charge in [0.2, 0.25) is 0 Å². The molecule has 0 spiro atoms. The van der Waals surface area contributed by atoms with Gasteiger partial charge in [0.25, 0.3) is 5.91 Å². The summed E-state index contributed by atoms with van der Waals surface area (Å²) in [7, 11) is 0. The van der Waals surface area contributed by atoms with E-state index in [1.54, 1.807) is 4.52 Å². The van der Waals surface area contributed by atoms with Gasteiger partial charge < -0.3 is 10.6 Å². The number of nitrogens with two attached hydrogens (primary N) is 1. The minimum atomic E-state index is -0.693. The van der Waals surface area contributed by atoms with Crippen LogP contribution in [0.2, 0.25) is 0 Å². The van der Waals surface area contributed by atoms with Gasteiger partial charge in [-0.05, 0) is 37.9 Å². The third-order valence-electron chi connectivity index (χ3n) is 5.02. The number of imidazole rings is 1. The molecule has 2 aromatic heterocycles. The summed E-state index contributed by atoms with van der Waals surface area (Å²) in [6.07, 6.45) is 3.70. The lowest BCUT2D eigenvalue weighted by Gasteiger charge is -2.30. The molecule has 4 rings (SSSR count). The monoisotopic (exact) mass is 347 g/mol. The Hall–Kier alpha value is -2.48. The Labute approximate surface area is 142 Å². The fourth-order valence-corrected chi connectivity index (χ4v) is 3.77. The maximum absolute atomic E-state index is 13.8. The molecule has 0 radical (unpaired) electrons. The molecule has 0 unspecified atom stereocenters. The van der Waals surface area contributed by atoms with Gasteiger partial charge in [0.1, 0.15) is 18.0 Å². The van der Waals surface area contributed by atoms with E-state index in [-0.39, 0.29) is 12.2 Å². The van der Waals surface area contributed by atoms with Gasteiger partial charge in [0.15, 0.2) is 5.65 Å². The van der Waals surface area contributed by atoms with Crippen molar-refractivity contribution in [3.05, 3.63) is 35.3 Å². The fourth-order valence-electron chi connectivity index (χ4n) is 3.77. The van der Waals surface area contributed by atoms with E-state index in [0.717, 1.165) is 37.6 Å². The van der Waals surface area contributed by atoms with Crippen LogP contribution in [0, 0.1) is 5.82 Å². The van der Waals surface area contributed by atoms with E-state index < -0.39 is 11.7 Å². The average molecular weight is 347 g/mol. The summed E-state index contributed by atoms with van der Waals surface area (Å²) in [5.74, 6) is -0.937. The zero-order chi connectivity index (χ0) is 17.6. The van der Waals surface area contributed by atoms with E-state index >= 15 is 0 Å². The number of aromatic nitrogens is 3. The van der Waals surface area contributed by atoms with Gasteiger partial charge in [0.05, 0.1) is 11.1 Å². The van der Waals surface area contributed by atoms with E-state index in [2.05, 4.69) is 15.0 Å². The number of benzene rings is 1. The molecule has 25 heavy (non-hydrogen) atoms. The second-order valence-corrected chi connectivity index (χ2v) is 6.49. The molecule has 1 amide bonds. The Balaban J connectivity index is 1.75. The highest BCUT2D eigenvalue weighted by Gasteiger charge is 2.25. The summed E-state index contributed by atoms with van der Waals surface area (Å²) >= 11 is 0. The third-order valence-corrected chi connectivity index (χ3v) is 5.02. The van der Waals surface area contributed by atoms with Crippen LogP contribution in [-0.2, 0) is 0 Å². The first kappa shape index (κ1) is 16.0.